The molecule has 2 aromatic rings. The van der Waals surface area contributed by atoms with Crippen molar-refractivity contribution in [3.63, 3.8) is 0 Å². The second kappa shape index (κ2) is 14.1. The SMILES string of the molecule is CC(=NNC(=O)CCCSCCCC(=O)NN=C(C)c1ccccc1)c1ccccc1. The van der Waals surface area contributed by atoms with E-state index in [1.54, 1.807) is 11.8 Å². The van der Waals surface area contributed by atoms with Crippen molar-refractivity contribution in [3.05, 3.63) is 71.8 Å². The first-order valence-corrected chi connectivity index (χ1v) is 11.6. The molecule has 2 amide bonds. The summed E-state index contributed by atoms with van der Waals surface area (Å²) in [6.45, 7) is 3.74. The Bertz CT molecular complexity index is 809. The van der Waals surface area contributed by atoms with Gasteiger partial charge in [0, 0.05) is 12.8 Å². The standard InChI is InChI=1S/C24H30N4O2S/c1-19(21-11-5-3-6-12-21)25-27-23(29)15-9-17-31-18-10-16-24(30)28-26-20(2)22-13-7-4-8-14-22/h3-8,11-14H,9-10,15-18H2,1-2H3,(H,27,29)(H,28,30). The van der Waals surface area contributed by atoms with Crippen molar-refractivity contribution in [1.82, 2.24) is 10.9 Å². The summed E-state index contributed by atoms with van der Waals surface area (Å²) in [5.74, 6) is 1.59. The number of carbonyl (C=O) groups is 2. The molecule has 2 rings (SSSR count). The highest BCUT2D eigenvalue weighted by Gasteiger charge is 2.03. The molecule has 164 valence electrons. The zero-order chi connectivity index (χ0) is 22.3. The van der Waals surface area contributed by atoms with E-state index in [9.17, 15) is 9.59 Å². The van der Waals surface area contributed by atoms with Crippen LogP contribution < -0.4 is 10.9 Å². The van der Waals surface area contributed by atoms with Crippen LogP contribution in [0.4, 0.5) is 0 Å². The van der Waals surface area contributed by atoms with Crippen LogP contribution in [-0.4, -0.2) is 34.7 Å². The number of hydrazone groups is 2. The van der Waals surface area contributed by atoms with Crippen LogP contribution in [0.25, 0.3) is 0 Å². The van der Waals surface area contributed by atoms with Gasteiger partial charge in [0.05, 0.1) is 11.4 Å². The van der Waals surface area contributed by atoms with Crippen LogP contribution in [0.1, 0.15) is 50.7 Å². The minimum absolute atomic E-state index is 0.0816. The van der Waals surface area contributed by atoms with Gasteiger partial charge >= 0.3 is 0 Å². The fraction of sp³-hybridized carbons (Fsp3) is 0.333. The van der Waals surface area contributed by atoms with Gasteiger partial charge in [-0.3, -0.25) is 9.59 Å². The van der Waals surface area contributed by atoms with Crippen LogP contribution in [0.5, 0.6) is 0 Å². The fourth-order valence-corrected chi connectivity index (χ4v) is 3.56. The summed E-state index contributed by atoms with van der Waals surface area (Å²) in [4.78, 5) is 23.8. The van der Waals surface area contributed by atoms with E-state index in [-0.39, 0.29) is 11.8 Å². The summed E-state index contributed by atoms with van der Waals surface area (Å²) in [5, 5.41) is 8.29. The Labute approximate surface area is 188 Å². The van der Waals surface area contributed by atoms with E-state index < -0.39 is 0 Å². The molecule has 0 heterocycles. The lowest BCUT2D eigenvalue weighted by atomic mass is 10.1. The van der Waals surface area contributed by atoms with Gasteiger partial charge in [-0.1, -0.05) is 60.7 Å². The molecule has 2 aromatic carbocycles. The molecule has 0 atom stereocenters. The number of hydrogen-bond donors (Lipinski definition) is 2. The molecular weight excluding hydrogens is 408 g/mol. The maximum atomic E-state index is 11.9. The Balaban J connectivity index is 1.51. The first-order chi connectivity index (χ1) is 15.1. The normalized spacial score (nSPS) is 11.8. The molecule has 0 fully saturated rings. The highest BCUT2D eigenvalue weighted by atomic mass is 32.2. The van der Waals surface area contributed by atoms with Crippen molar-refractivity contribution in [2.24, 2.45) is 10.2 Å². The van der Waals surface area contributed by atoms with Gasteiger partial charge in [-0.15, -0.1) is 0 Å². The van der Waals surface area contributed by atoms with Gasteiger partial charge in [0.2, 0.25) is 11.8 Å². The lowest BCUT2D eigenvalue weighted by molar-refractivity contribution is -0.121. The zero-order valence-corrected chi connectivity index (χ0v) is 19.0. The van der Waals surface area contributed by atoms with Crippen LogP contribution in [0, 0.1) is 0 Å². The first-order valence-electron chi connectivity index (χ1n) is 10.4. The van der Waals surface area contributed by atoms with Gasteiger partial charge in [0.1, 0.15) is 0 Å². The molecule has 0 aromatic heterocycles. The maximum Gasteiger partial charge on any atom is 0.240 e. The Kier molecular flexibility index (Phi) is 11.1. The summed E-state index contributed by atoms with van der Waals surface area (Å²) < 4.78 is 0. The molecule has 7 heteroatoms. The van der Waals surface area contributed by atoms with E-state index >= 15 is 0 Å². The third-order valence-corrected chi connectivity index (χ3v) is 5.62. The number of carbonyl (C=O) groups excluding carboxylic acids is 2. The third-order valence-electron chi connectivity index (χ3n) is 4.46. The Morgan fingerprint density at radius 3 is 1.48 bits per heavy atom. The maximum absolute atomic E-state index is 11.9. The number of nitrogens with one attached hydrogen (secondary N) is 2. The Morgan fingerprint density at radius 1 is 0.710 bits per heavy atom. The Morgan fingerprint density at radius 2 is 1.10 bits per heavy atom. The average molecular weight is 439 g/mol. The molecule has 31 heavy (non-hydrogen) atoms. The van der Waals surface area contributed by atoms with E-state index in [1.165, 1.54) is 0 Å². The molecule has 0 aliphatic heterocycles. The predicted octanol–water partition coefficient (Wildman–Crippen LogP) is 4.36. The van der Waals surface area contributed by atoms with Gasteiger partial charge in [0.25, 0.3) is 0 Å². The van der Waals surface area contributed by atoms with Gasteiger partial charge in [-0.25, -0.2) is 10.9 Å². The van der Waals surface area contributed by atoms with Crippen molar-refractivity contribution in [1.29, 1.82) is 0 Å². The number of rotatable bonds is 12. The van der Waals surface area contributed by atoms with Crippen LogP contribution in [0.15, 0.2) is 70.9 Å². The molecule has 6 nitrogen and oxygen atoms in total. The lowest BCUT2D eigenvalue weighted by Gasteiger charge is -2.04. The molecule has 0 saturated carbocycles. The summed E-state index contributed by atoms with van der Waals surface area (Å²) in [6.07, 6.45) is 2.44. The fourth-order valence-electron chi connectivity index (χ4n) is 2.66. The minimum atomic E-state index is -0.0816. The van der Waals surface area contributed by atoms with Gasteiger partial charge in [-0.2, -0.15) is 22.0 Å². The Hall–Kier alpha value is -2.93. The number of thioether (sulfide) groups is 1. The minimum Gasteiger partial charge on any atom is -0.273 e. The first kappa shape index (κ1) is 24.3. The van der Waals surface area contributed by atoms with Gasteiger partial charge in [0.15, 0.2) is 0 Å². The molecule has 0 bridgehead atoms. The van der Waals surface area contributed by atoms with Crippen LogP contribution in [-0.2, 0) is 9.59 Å². The number of nitrogens with zero attached hydrogens (tertiary/aromatic N) is 2. The van der Waals surface area contributed by atoms with Gasteiger partial charge in [-0.05, 0) is 49.3 Å². The highest BCUT2D eigenvalue weighted by molar-refractivity contribution is 7.99. The quantitative estimate of drug-likeness (QED) is 0.293. The summed E-state index contributed by atoms with van der Waals surface area (Å²) in [6, 6.07) is 19.5. The molecule has 0 spiro atoms. The molecule has 0 aliphatic carbocycles. The summed E-state index contributed by atoms with van der Waals surface area (Å²) >= 11 is 1.75. The highest BCUT2D eigenvalue weighted by Crippen LogP contribution is 2.08. The van der Waals surface area contributed by atoms with E-state index in [2.05, 4.69) is 21.1 Å². The van der Waals surface area contributed by atoms with E-state index in [1.807, 2.05) is 74.5 Å². The predicted molar refractivity (Wildman–Crippen MR) is 129 cm³/mol. The zero-order valence-electron chi connectivity index (χ0n) is 18.1. The number of hydrogen-bond acceptors (Lipinski definition) is 5. The van der Waals surface area contributed by atoms with Crippen LogP contribution in [0.2, 0.25) is 0 Å². The van der Waals surface area contributed by atoms with Crippen molar-refractivity contribution in [2.75, 3.05) is 11.5 Å². The van der Waals surface area contributed by atoms with Crippen molar-refractivity contribution >= 4 is 35.0 Å². The molecule has 0 saturated heterocycles. The smallest absolute Gasteiger partial charge is 0.240 e. The summed E-state index contributed by atoms with van der Waals surface area (Å²) in [5.41, 5.74) is 8.76. The van der Waals surface area contributed by atoms with Crippen LogP contribution in [0.3, 0.4) is 0 Å². The second-order valence-electron chi connectivity index (χ2n) is 7.02. The topological polar surface area (TPSA) is 82.9 Å². The molecule has 0 unspecified atom stereocenters. The largest absolute Gasteiger partial charge is 0.273 e. The molecule has 0 radical (unpaired) electrons. The van der Waals surface area contributed by atoms with Crippen LogP contribution >= 0.6 is 11.8 Å². The molecule has 2 N–H and O–H groups in total. The summed E-state index contributed by atoms with van der Waals surface area (Å²) in [7, 11) is 0. The molecule has 0 aliphatic rings. The second-order valence-corrected chi connectivity index (χ2v) is 8.24. The monoisotopic (exact) mass is 438 g/mol. The van der Waals surface area contributed by atoms with Crippen molar-refractivity contribution in [3.8, 4) is 0 Å². The van der Waals surface area contributed by atoms with Crippen molar-refractivity contribution in [2.45, 2.75) is 39.5 Å². The average Bonchev–Trinajstić information content (AvgIpc) is 2.81. The van der Waals surface area contributed by atoms with Crippen molar-refractivity contribution < 1.29 is 9.59 Å². The van der Waals surface area contributed by atoms with Gasteiger partial charge < -0.3 is 0 Å². The third kappa shape index (κ3) is 10.1. The lowest BCUT2D eigenvalue weighted by Crippen LogP contribution is -2.19. The number of benzene rings is 2. The number of amides is 2. The molecular formula is C24H30N4O2S. The van der Waals surface area contributed by atoms with E-state index in [4.69, 9.17) is 0 Å². The van der Waals surface area contributed by atoms with E-state index in [0.717, 1.165) is 46.9 Å². The van der Waals surface area contributed by atoms with E-state index in [0.29, 0.717) is 12.8 Å².